The Morgan fingerprint density at radius 3 is 2.59 bits per heavy atom. The Hall–Kier alpha value is -4.79. The maximum absolute atomic E-state index is 15.3. The number of aromatic hydroxyl groups is 1. The number of hydrogen-bond acceptors (Lipinski definition) is 8. The Kier molecular flexibility index (Phi) is 6.88. The molecule has 0 aliphatic carbocycles. The highest BCUT2D eigenvalue weighted by atomic mass is 19.1. The van der Waals surface area contributed by atoms with Gasteiger partial charge in [0.05, 0.1) is 17.8 Å². The average Bonchev–Trinajstić information content (AvgIpc) is 3.53. The molecule has 0 spiro atoms. The van der Waals surface area contributed by atoms with E-state index in [-0.39, 0.29) is 23.1 Å². The molecule has 0 saturated heterocycles. The van der Waals surface area contributed by atoms with Crippen LogP contribution in [0.5, 0.6) is 5.75 Å². The number of benzene rings is 1. The minimum absolute atomic E-state index is 0.0905. The van der Waals surface area contributed by atoms with Gasteiger partial charge >= 0.3 is 0 Å². The number of halogens is 1. The largest absolute Gasteiger partial charge is 0.501 e. The van der Waals surface area contributed by atoms with Gasteiger partial charge in [0, 0.05) is 36.7 Å². The number of amides is 1. The van der Waals surface area contributed by atoms with Crippen LogP contribution >= 0.6 is 0 Å². The van der Waals surface area contributed by atoms with E-state index in [1.807, 2.05) is 13.8 Å². The second-order valence-corrected chi connectivity index (χ2v) is 8.81. The third-order valence-electron chi connectivity index (χ3n) is 6.11. The third kappa shape index (κ3) is 4.71. The molecule has 0 radical (unpaired) electrons. The van der Waals surface area contributed by atoms with Gasteiger partial charge in [-0.1, -0.05) is 30.3 Å². The quantitative estimate of drug-likeness (QED) is 0.387. The van der Waals surface area contributed by atoms with Gasteiger partial charge in [-0.25, -0.2) is 4.98 Å². The van der Waals surface area contributed by atoms with Crippen LogP contribution in [-0.2, 0) is 7.05 Å². The molecule has 1 aromatic carbocycles. The number of rotatable bonds is 7. The molecular weight excluding hydrogens is 481 g/mol. The molecule has 2 atom stereocenters. The summed E-state index contributed by atoms with van der Waals surface area (Å²) in [6.07, 6.45) is 3.97. The number of carbonyl (C=O) groups excluding carboxylic acids is 1. The summed E-state index contributed by atoms with van der Waals surface area (Å²) in [6, 6.07) is 8.73. The zero-order valence-electron chi connectivity index (χ0n) is 20.5. The molecule has 190 valence electrons. The van der Waals surface area contributed by atoms with E-state index in [2.05, 4.69) is 31.1 Å². The van der Waals surface area contributed by atoms with Crippen LogP contribution in [0.3, 0.4) is 0 Å². The molecule has 0 aliphatic heterocycles. The molecule has 0 saturated carbocycles. The maximum atomic E-state index is 15.3. The van der Waals surface area contributed by atoms with E-state index in [9.17, 15) is 20.0 Å². The molecule has 0 bridgehead atoms. The number of nitrogens with zero attached hydrogens (tertiary/aromatic N) is 6. The lowest BCUT2D eigenvalue weighted by molar-refractivity contribution is 0.101. The fraction of sp³-hybridized carbons (Fsp3) is 0.280. The fourth-order valence-electron chi connectivity index (χ4n) is 4.21. The lowest BCUT2D eigenvalue weighted by Gasteiger charge is -2.26. The van der Waals surface area contributed by atoms with Gasteiger partial charge in [-0.3, -0.25) is 18.8 Å². The van der Waals surface area contributed by atoms with E-state index in [0.29, 0.717) is 11.1 Å². The van der Waals surface area contributed by atoms with E-state index in [4.69, 9.17) is 0 Å². The van der Waals surface area contributed by atoms with Crippen molar-refractivity contribution in [1.82, 2.24) is 24.5 Å². The maximum Gasteiger partial charge on any atom is 0.296 e. The lowest BCUT2D eigenvalue weighted by Crippen LogP contribution is -2.29. The third-order valence-corrected chi connectivity index (χ3v) is 6.11. The van der Waals surface area contributed by atoms with E-state index < -0.39 is 40.7 Å². The Morgan fingerprint density at radius 1 is 1.24 bits per heavy atom. The first-order chi connectivity index (χ1) is 17.6. The average molecular weight is 506 g/mol. The summed E-state index contributed by atoms with van der Waals surface area (Å²) in [6.45, 7) is 5.40. The molecule has 2 N–H and O–H groups in total. The van der Waals surface area contributed by atoms with Crippen molar-refractivity contribution in [3.05, 3.63) is 87.4 Å². The van der Waals surface area contributed by atoms with Crippen LogP contribution in [0.4, 0.5) is 10.1 Å². The molecule has 12 heteroatoms. The second kappa shape index (κ2) is 10.1. The van der Waals surface area contributed by atoms with E-state index in [0.717, 1.165) is 4.57 Å². The second-order valence-electron chi connectivity index (χ2n) is 8.81. The standard InChI is InChI=1S/C25H24FN7O4/c1-13(2)33-11-18(22(26)31-33)19(17-8-6-5-7-15(17)9-27)14(3)23-30-20(21(34)25(36)32(23)4)24(35)29-16-10-28-37-12-16/h5-8,10-14,19,34H,1-4H3,(H,29,35)/t14-,19-/m1/s1. The van der Waals surface area contributed by atoms with Crippen molar-refractivity contribution in [3.8, 4) is 11.8 Å². The van der Waals surface area contributed by atoms with E-state index in [1.54, 1.807) is 37.4 Å². The minimum Gasteiger partial charge on any atom is -0.501 e. The van der Waals surface area contributed by atoms with Crippen LogP contribution in [0.2, 0.25) is 0 Å². The fourth-order valence-corrected chi connectivity index (χ4v) is 4.21. The number of anilines is 1. The number of aromatic nitrogens is 5. The summed E-state index contributed by atoms with van der Waals surface area (Å²) < 4.78 is 22.5. The summed E-state index contributed by atoms with van der Waals surface area (Å²) in [5.74, 6) is -3.89. The first-order valence-corrected chi connectivity index (χ1v) is 11.4. The van der Waals surface area contributed by atoms with Gasteiger partial charge in [0.2, 0.25) is 11.7 Å². The molecule has 0 fully saturated rings. The summed E-state index contributed by atoms with van der Waals surface area (Å²) in [7, 11) is 1.39. The SMILES string of the molecule is CC(C)n1cc([C@@H](c2ccccc2C#N)[C@@H](C)c2nc(C(=O)Nc3cnoc3)c(O)c(=O)n2C)c(F)n1. The van der Waals surface area contributed by atoms with Gasteiger partial charge in [0.1, 0.15) is 17.8 Å². The van der Waals surface area contributed by atoms with Crippen LogP contribution in [0.25, 0.3) is 0 Å². The van der Waals surface area contributed by atoms with Crippen molar-refractivity contribution < 1.29 is 18.8 Å². The molecule has 37 heavy (non-hydrogen) atoms. The Balaban J connectivity index is 1.90. The van der Waals surface area contributed by atoms with Crippen LogP contribution in [0.15, 0.2) is 52.2 Å². The van der Waals surface area contributed by atoms with Crippen molar-refractivity contribution in [3.63, 3.8) is 0 Å². The highest BCUT2D eigenvalue weighted by molar-refractivity contribution is 6.04. The van der Waals surface area contributed by atoms with Gasteiger partial charge < -0.3 is 14.9 Å². The summed E-state index contributed by atoms with van der Waals surface area (Å²) in [4.78, 5) is 30.1. The topological polar surface area (TPSA) is 152 Å². The highest BCUT2D eigenvalue weighted by Crippen LogP contribution is 2.40. The first-order valence-electron chi connectivity index (χ1n) is 11.4. The van der Waals surface area contributed by atoms with Gasteiger partial charge in [0.15, 0.2) is 5.69 Å². The van der Waals surface area contributed by atoms with Gasteiger partial charge in [-0.2, -0.15) is 9.65 Å². The van der Waals surface area contributed by atoms with Crippen molar-refractivity contribution in [2.24, 2.45) is 7.05 Å². The molecule has 3 aromatic heterocycles. The smallest absolute Gasteiger partial charge is 0.296 e. The van der Waals surface area contributed by atoms with Crippen LogP contribution in [0.1, 0.15) is 71.7 Å². The Labute approximate surface area is 210 Å². The van der Waals surface area contributed by atoms with Gasteiger partial charge in [-0.15, -0.1) is 5.10 Å². The van der Waals surface area contributed by atoms with Crippen molar-refractivity contribution in [2.45, 2.75) is 38.6 Å². The van der Waals surface area contributed by atoms with Crippen molar-refractivity contribution in [2.75, 3.05) is 5.32 Å². The normalized spacial score (nSPS) is 12.8. The first kappa shape index (κ1) is 25.3. The predicted octanol–water partition coefficient (Wildman–Crippen LogP) is 3.45. The molecule has 4 rings (SSSR count). The summed E-state index contributed by atoms with van der Waals surface area (Å²) in [5.41, 5.74) is -0.176. The van der Waals surface area contributed by atoms with E-state index in [1.165, 1.54) is 24.2 Å². The summed E-state index contributed by atoms with van der Waals surface area (Å²) in [5, 5.41) is 30.1. The molecule has 3 heterocycles. The number of carbonyl (C=O) groups is 1. The highest BCUT2D eigenvalue weighted by Gasteiger charge is 2.33. The van der Waals surface area contributed by atoms with Crippen LogP contribution < -0.4 is 10.9 Å². The predicted molar refractivity (Wildman–Crippen MR) is 130 cm³/mol. The number of nitrogens with one attached hydrogen (secondary N) is 1. The number of hydrogen-bond donors (Lipinski definition) is 2. The van der Waals surface area contributed by atoms with Crippen LogP contribution in [-0.4, -0.2) is 35.5 Å². The zero-order valence-corrected chi connectivity index (χ0v) is 20.5. The van der Waals surface area contributed by atoms with Gasteiger partial charge in [0.25, 0.3) is 11.5 Å². The molecule has 1 amide bonds. The van der Waals surface area contributed by atoms with Crippen molar-refractivity contribution >= 4 is 11.6 Å². The van der Waals surface area contributed by atoms with Gasteiger partial charge in [-0.05, 0) is 25.5 Å². The number of nitriles is 1. The molecule has 4 aromatic rings. The van der Waals surface area contributed by atoms with E-state index >= 15 is 4.39 Å². The molecule has 0 aliphatic rings. The molecular formula is C25H24FN7O4. The molecule has 0 unspecified atom stereocenters. The van der Waals surface area contributed by atoms with Crippen LogP contribution in [0, 0.1) is 17.3 Å². The minimum atomic E-state index is -0.863. The Morgan fingerprint density at radius 2 is 1.97 bits per heavy atom. The molecule has 11 nitrogen and oxygen atoms in total. The Bertz CT molecular complexity index is 1550. The van der Waals surface area contributed by atoms with Crippen molar-refractivity contribution in [1.29, 1.82) is 5.26 Å². The summed E-state index contributed by atoms with van der Waals surface area (Å²) >= 11 is 0. The zero-order chi connectivity index (χ0) is 26.9. The monoisotopic (exact) mass is 505 g/mol. The lowest BCUT2D eigenvalue weighted by atomic mass is 9.80.